The topological polar surface area (TPSA) is 88.1 Å². The normalized spacial score (nSPS) is 14.9. The fourth-order valence-electron chi connectivity index (χ4n) is 4.84. The second-order valence-electron chi connectivity index (χ2n) is 10.1. The monoisotopic (exact) mass is 549 g/mol. The number of halogens is 1. The first-order chi connectivity index (χ1) is 18.9. The summed E-state index contributed by atoms with van der Waals surface area (Å²) in [6.07, 6.45) is 0.792. The predicted octanol–water partition coefficient (Wildman–Crippen LogP) is 4.36. The smallest absolute Gasteiger partial charge is 0.254 e. The van der Waals surface area contributed by atoms with Gasteiger partial charge in [-0.15, -0.1) is 10.2 Å². The average Bonchev–Trinajstić information content (AvgIpc) is 3.27. The Bertz CT molecular complexity index is 1330. The van der Waals surface area contributed by atoms with E-state index in [1.165, 1.54) is 0 Å². The van der Waals surface area contributed by atoms with Crippen LogP contribution in [-0.2, 0) is 4.79 Å². The lowest BCUT2D eigenvalue weighted by molar-refractivity contribution is -0.131. The van der Waals surface area contributed by atoms with Gasteiger partial charge in [-0.05, 0) is 48.7 Å². The number of benzene rings is 2. The van der Waals surface area contributed by atoms with E-state index in [-0.39, 0.29) is 31.1 Å². The van der Waals surface area contributed by atoms with Crippen LogP contribution < -0.4 is 14.4 Å². The van der Waals surface area contributed by atoms with Gasteiger partial charge in [-0.2, -0.15) is 0 Å². The van der Waals surface area contributed by atoms with Crippen molar-refractivity contribution in [3.8, 4) is 22.8 Å². The summed E-state index contributed by atoms with van der Waals surface area (Å²) in [4.78, 5) is 32.4. The number of amides is 2. The molecule has 0 atom stereocenters. The molecular formula is C29H32ClN5O4. The fourth-order valence-corrected chi connectivity index (χ4v) is 5.07. The molecule has 2 aromatic carbocycles. The average molecular weight is 550 g/mol. The summed E-state index contributed by atoms with van der Waals surface area (Å²) in [5.74, 6) is 1.89. The Morgan fingerprint density at radius 3 is 2.56 bits per heavy atom. The summed E-state index contributed by atoms with van der Waals surface area (Å²) >= 11 is 6.30. The highest BCUT2D eigenvalue weighted by molar-refractivity contribution is 6.33. The highest BCUT2D eigenvalue weighted by Crippen LogP contribution is 2.33. The van der Waals surface area contributed by atoms with E-state index < -0.39 is 0 Å². The van der Waals surface area contributed by atoms with Crippen molar-refractivity contribution in [2.24, 2.45) is 5.92 Å². The minimum atomic E-state index is -0.194. The summed E-state index contributed by atoms with van der Waals surface area (Å²) in [5, 5.41) is 9.46. The van der Waals surface area contributed by atoms with Crippen molar-refractivity contribution in [2.75, 3.05) is 51.0 Å². The van der Waals surface area contributed by atoms with Crippen LogP contribution in [0.1, 0.15) is 30.6 Å². The van der Waals surface area contributed by atoms with Crippen LogP contribution in [0.5, 0.6) is 11.5 Å². The Labute approximate surface area is 233 Å². The molecule has 0 N–H and O–H groups in total. The minimum Gasteiger partial charge on any atom is -0.454 e. The number of aromatic nitrogens is 2. The van der Waals surface area contributed by atoms with Crippen molar-refractivity contribution in [3.05, 3.63) is 65.2 Å². The quantitative estimate of drug-likeness (QED) is 0.432. The second-order valence-corrected chi connectivity index (χ2v) is 10.5. The van der Waals surface area contributed by atoms with Crippen LogP contribution in [0.15, 0.2) is 54.6 Å². The van der Waals surface area contributed by atoms with Gasteiger partial charge in [0.2, 0.25) is 12.7 Å². The van der Waals surface area contributed by atoms with E-state index in [1.807, 2.05) is 55.1 Å². The summed E-state index contributed by atoms with van der Waals surface area (Å²) in [6, 6.07) is 16.5. The van der Waals surface area contributed by atoms with Crippen LogP contribution in [0, 0.1) is 5.92 Å². The number of anilines is 1. The number of hydrogen-bond acceptors (Lipinski definition) is 7. The van der Waals surface area contributed by atoms with Gasteiger partial charge in [0.15, 0.2) is 17.3 Å². The first-order valence-electron chi connectivity index (χ1n) is 13.2. The van der Waals surface area contributed by atoms with E-state index in [2.05, 4.69) is 15.1 Å². The largest absolute Gasteiger partial charge is 0.454 e. The van der Waals surface area contributed by atoms with Gasteiger partial charge in [0.25, 0.3) is 5.91 Å². The number of rotatable bonds is 7. The lowest BCUT2D eigenvalue weighted by Gasteiger charge is -2.28. The number of carbonyl (C=O) groups excluding carboxylic acids is 2. The zero-order valence-corrected chi connectivity index (χ0v) is 22.9. The van der Waals surface area contributed by atoms with E-state index >= 15 is 0 Å². The van der Waals surface area contributed by atoms with Gasteiger partial charge in [0.1, 0.15) is 6.54 Å². The Balaban J connectivity index is 1.22. The lowest BCUT2D eigenvalue weighted by Crippen LogP contribution is -2.45. The van der Waals surface area contributed by atoms with E-state index in [0.717, 1.165) is 24.3 Å². The molecule has 5 rings (SSSR count). The molecule has 0 unspecified atom stereocenters. The van der Waals surface area contributed by atoms with Crippen LogP contribution in [-0.4, -0.2) is 77.9 Å². The third kappa shape index (κ3) is 6.25. The van der Waals surface area contributed by atoms with Crippen LogP contribution in [0.3, 0.4) is 0 Å². The maximum Gasteiger partial charge on any atom is 0.254 e. The molecule has 2 amide bonds. The number of hydrogen-bond donors (Lipinski definition) is 0. The highest BCUT2D eigenvalue weighted by Gasteiger charge is 2.26. The van der Waals surface area contributed by atoms with Gasteiger partial charge in [-0.3, -0.25) is 9.59 Å². The first-order valence-corrected chi connectivity index (χ1v) is 13.6. The second kappa shape index (κ2) is 11.9. The molecule has 39 heavy (non-hydrogen) atoms. The zero-order chi connectivity index (χ0) is 27.4. The molecule has 0 spiro atoms. The Morgan fingerprint density at radius 1 is 0.974 bits per heavy atom. The molecule has 0 radical (unpaired) electrons. The molecular weight excluding hydrogens is 518 g/mol. The van der Waals surface area contributed by atoms with E-state index in [9.17, 15) is 9.59 Å². The fraction of sp³-hybridized carbons (Fsp3) is 0.379. The number of ether oxygens (including phenoxy) is 2. The Morgan fingerprint density at radius 2 is 1.79 bits per heavy atom. The number of nitrogens with zero attached hydrogens (tertiary/aromatic N) is 5. The summed E-state index contributed by atoms with van der Waals surface area (Å²) in [7, 11) is 0. The molecule has 9 nitrogen and oxygen atoms in total. The van der Waals surface area contributed by atoms with Crippen molar-refractivity contribution in [2.45, 2.75) is 20.3 Å². The molecule has 1 aromatic heterocycles. The van der Waals surface area contributed by atoms with Crippen molar-refractivity contribution >= 4 is 29.2 Å². The molecule has 204 valence electrons. The molecule has 1 fully saturated rings. The van der Waals surface area contributed by atoms with E-state index in [0.29, 0.717) is 54.0 Å². The maximum atomic E-state index is 13.4. The van der Waals surface area contributed by atoms with Gasteiger partial charge < -0.3 is 24.2 Å². The first kappa shape index (κ1) is 26.7. The molecule has 2 aliphatic rings. The van der Waals surface area contributed by atoms with Crippen molar-refractivity contribution in [3.63, 3.8) is 0 Å². The molecule has 10 heteroatoms. The van der Waals surface area contributed by atoms with Crippen LogP contribution in [0.2, 0.25) is 5.02 Å². The molecule has 2 aliphatic heterocycles. The van der Waals surface area contributed by atoms with Gasteiger partial charge in [-0.1, -0.05) is 43.6 Å². The van der Waals surface area contributed by atoms with Gasteiger partial charge >= 0.3 is 0 Å². The Kier molecular flexibility index (Phi) is 8.16. The third-order valence-corrected chi connectivity index (χ3v) is 7.12. The van der Waals surface area contributed by atoms with Crippen molar-refractivity contribution in [1.82, 2.24) is 20.0 Å². The number of fused-ring (bicyclic) bond motifs is 1. The SMILES string of the molecule is CC(C)CN(CC(=O)N1CCCN(c2ccc(-c3ccccc3Cl)nn2)CC1)C(=O)c1ccc2c(c1)OCO2. The summed E-state index contributed by atoms with van der Waals surface area (Å²) in [5.41, 5.74) is 2.04. The minimum absolute atomic E-state index is 0.0256. The van der Waals surface area contributed by atoms with Crippen molar-refractivity contribution in [1.29, 1.82) is 0 Å². The molecule has 3 aromatic rings. The van der Waals surface area contributed by atoms with E-state index in [1.54, 1.807) is 23.1 Å². The zero-order valence-electron chi connectivity index (χ0n) is 22.2. The molecule has 3 heterocycles. The van der Waals surface area contributed by atoms with Crippen molar-refractivity contribution < 1.29 is 19.1 Å². The van der Waals surface area contributed by atoms with Crippen LogP contribution in [0.4, 0.5) is 5.82 Å². The maximum absolute atomic E-state index is 13.4. The standard InChI is InChI=1S/C29H32ClN5O4/c1-20(2)17-35(29(37)21-8-10-25-26(16-21)39-19-38-25)18-28(36)34-13-5-12-33(14-15-34)27-11-9-24(31-32-27)22-6-3-4-7-23(22)30/h3-4,6-11,16,20H,5,12-15,17-19H2,1-2H3. The predicted molar refractivity (Wildman–Crippen MR) is 149 cm³/mol. The highest BCUT2D eigenvalue weighted by atomic mass is 35.5. The van der Waals surface area contributed by atoms with E-state index in [4.69, 9.17) is 21.1 Å². The third-order valence-electron chi connectivity index (χ3n) is 6.79. The summed E-state index contributed by atoms with van der Waals surface area (Å²) in [6.45, 7) is 7.27. The molecule has 0 bridgehead atoms. The van der Waals surface area contributed by atoms with Gasteiger partial charge in [0, 0.05) is 43.9 Å². The molecule has 1 saturated heterocycles. The summed E-state index contributed by atoms with van der Waals surface area (Å²) < 4.78 is 10.8. The Hall–Kier alpha value is -3.85. The van der Waals surface area contributed by atoms with Gasteiger partial charge in [0.05, 0.1) is 10.7 Å². The molecule has 0 aliphatic carbocycles. The number of carbonyl (C=O) groups is 2. The molecule has 0 saturated carbocycles. The van der Waals surface area contributed by atoms with Crippen LogP contribution in [0.25, 0.3) is 11.3 Å². The van der Waals surface area contributed by atoms with Crippen LogP contribution >= 0.6 is 11.6 Å². The van der Waals surface area contributed by atoms with Gasteiger partial charge in [-0.25, -0.2) is 0 Å². The lowest BCUT2D eigenvalue weighted by atomic mass is 10.1.